The van der Waals surface area contributed by atoms with Crippen LogP contribution in [0.5, 0.6) is 0 Å². The van der Waals surface area contributed by atoms with Crippen LogP contribution in [0.25, 0.3) is 0 Å². The molecule has 6 nitrogen and oxygen atoms in total. The van der Waals surface area contributed by atoms with Gasteiger partial charge in [-0.3, -0.25) is 9.69 Å². The van der Waals surface area contributed by atoms with E-state index < -0.39 is 17.4 Å². The number of amides is 1. The molecular weight excluding hydrogens is 244 g/mol. The Morgan fingerprint density at radius 2 is 2.16 bits per heavy atom. The summed E-state index contributed by atoms with van der Waals surface area (Å²) in [4.78, 5) is 13.8. The van der Waals surface area contributed by atoms with Gasteiger partial charge in [0.2, 0.25) is 5.91 Å². The minimum absolute atomic E-state index is 0.413. The van der Waals surface area contributed by atoms with Crippen molar-refractivity contribution in [2.75, 3.05) is 32.8 Å². The Kier molecular flexibility index (Phi) is 4.24. The first-order valence-electron chi connectivity index (χ1n) is 6.56. The number of nitrogens with two attached hydrogens (primary N) is 3. The molecule has 2 unspecified atom stereocenters. The zero-order chi connectivity index (χ0) is 13.9. The van der Waals surface area contributed by atoms with Gasteiger partial charge in [-0.2, -0.15) is 0 Å². The maximum Gasteiger partial charge on any atom is 0.226 e. The van der Waals surface area contributed by atoms with E-state index in [1.807, 2.05) is 0 Å². The zero-order valence-electron chi connectivity index (χ0n) is 11.0. The Morgan fingerprint density at radius 1 is 1.47 bits per heavy atom. The minimum atomic E-state index is -0.789. The van der Waals surface area contributed by atoms with Crippen molar-refractivity contribution < 1.29 is 9.53 Å². The van der Waals surface area contributed by atoms with E-state index >= 15 is 0 Å². The molecule has 0 spiro atoms. The van der Waals surface area contributed by atoms with Gasteiger partial charge in [-0.1, -0.05) is 6.08 Å². The van der Waals surface area contributed by atoms with Crippen molar-refractivity contribution in [3.63, 3.8) is 0 Å². The van der Waals surface area contributed by atoms with Crippen molar-refractivity contribution >= 4 is 5.91 Å². The van der Waals surface area contributed by atoms with Crippen LogP contribution in [0.1, 0.15) is 6.42 Å². The quantitative estimate of drug-likeness (QED) is 0.600. The molecule has 1 amide bonds. The minimum Gasteiger partial charge on any atom is -0.399 e. The molecule has 1 fully saturated rings. The van der Waals surface area contributed by atoms with Crippen LogP contribution in [-0.4, -0.2) is 49.2 Å². The monoisotopic (exact) mass is 266 g/mol. The number of primary amides is 1. The first kappa shape index (κ1) is 14.0. The Morgan fingerprint density at radius 3 is 2.79 bits per heavy atom. The Labute approximate surface area is 113 Å². The van der Waals surface area contributed by atoms with E-state index in [2.05, 4.69) is 4.90 Å². The lowest BCUT2D eigenvalue weighted by Crippen LogP contribution is -2.53. The summed E-state index contributed by atoms with van der Waals surface area (Å²) in [5.74, 6) is -0.912. The summed E-state index contributed by atoms with van der Waals surface area (Å²) >= 11 is 0. The number of carbonyl (C=O) groups is 1. The lowest BCUT2D eigenvalue weighted by atomic mass is 9.77. The average Bonchev–Trinajstić information content (AvgIpc) is 2.37. The van der Waals surface area contributed by atoms with Crippen molar-refractivity contribution in [2.24, 2.45) is 23.1 Å². The second kappa shape index (κ2) is 5.73. The molecule has 2 atom stereocenters. The van der Waals surface area contributed by atoms with Crippen LogP contribution in [-0.2, 0) is 9.53 Å². The fourth-order valence-corrected chi connectivity index (χ4v) is 2.60. The lowest BCUT2D eigenvalue weighted by Gasteiger charge is -2.36. The number of rotatable bonds is 4. The molecule has 0 radical (unpaired) electrons. The third kappa shape index (κ3) is 3.34. The molecule has 0 aromatic carbocycles. The standard InChI is InChI=1S/C13H22N4O2/c14-10-1-2-11(12(15)18)13(16,9-10)3-4-17-5-7-19-8-6-17/h1-2,9,11H,3-8,14,16H2,(H2,15,18). The highest BCUT2D eigenvalue weighted by molar-refractivity contribution is 5.81. The van der Waals surface area contributed by atoms with Crippen molar-refractivity contribution in [1.29, 1.82) is 0 Å². The average molecular weight is 266 g/mol. The summed E-state index contributed by atoms with van der Waals surface area (Å²) in [6, 6.07) is 0. The predicted octanol–water partition coefficient (Wildman–Crippen LogP) is -1.08. The van der Waals surface area contributed by atoms with Crippen molar-refractivity contribution in [3.05, 3.63) is 23.9 Å². The molecule has 1 aliphatic carbocycles. The molecule has 2 aliphatic rings. The summed E-state index contributed by atoms with van der Waals surface area (Å²) in [5.41, 5.74) is 17.4. The van der Waals surface area contributed by atoms with Crippen LogP contribution in [0.2, 0.25) is 0 Å². The van der Waals surface area contributed by atoms with Gasteiger partial charge in [-0.15, -0.1) is 0 Å². The highest BCUT2D eigenvalue weighted by atomic mass is 16.5. The topological polar surface area (TPSA) is 108 Å². The number of hydrogen-bond donors (Lipinski definition) is 3. The summed E-state index contributed by atoms with van der Waals surface area (Å²) in [5, 5.41) is 0. The molecule has 0 aromatic heterocycles. The first-order chi connectivity index (χ1) is 9.01. The fraction of sp³-hybridized carbons (Fsp3) is 0.615. The van der Waals surface area contributed by atoms with Crippen LogP contribution in [0.4, 0.5) is 0 Å². The summed E-state index contributed by atoms with van der Waals surface area (Å²) in [7, 11) is 0. The number of hydrogen-bond acceptors (Lipinski definition) is 5. The smallest absolute Gasteiger partial charge is 0.226 e. The van der Waals surface area contributed by atoms with Gasteiger partial charge in [0, 0.05) is 25.3 Å². The Balaban J connectivity index is 2.01. The van der Waals surface area contributed by atoms with Crippen LogP contribution < -0.4 is 17.2 Å². The van der Waals surface area contributed by atoms with Crippen molar-refractivity contribution in [1.82, 2.24) is 4.90 Å². The van der Waals surface area contributed by atoms with E-state index in [1.165, 1.54) is 0 Å². The lowest BCUT2D eigenvalue weighted by molar-refractivity contribution is -0.121. The van der Waals surface area contributed by atoms with E-state index in [1.54, 1.807) is 18.2 Å². The molecule has 1 heterocycles. The second-order valence-electron chi connectivity index (χ2n) is 5.20. The summed E-state index contributed by atoms with van der Waals surface area (Å²) in [6.45, 7) is 4.09. The zero-order valence-corrected chi connectivity index (χ0v) is 11.0. The molecule has 0 saturated carbocycles. The first-order valence-corrected chi connectivity index (χ1v) is 6.56. The molecule has 1 aliphatic heterocycles. The second-order valence-corrected chi connectivity index (χ2v) is 5.20. The van der Waals surface area contributed by atoms with Crippen LogP contribution in [0.15, 0.2) is 23.9 Å². The molecular formula is C13H22N4O2. The number of morpholine rings is 1. The Bertz CT molecular complexity index is 401. The molecule has 1 saturated heterocycles. The highest BCUT2D eigenvalue weighted by Crippen LogP contribution is 2.27. The van der Waals surface area contributed by atoms with E-state index in [0.717, 1.165) is 32.8 Å². The van der Waals surface area contributed by atoms with Gasteiger partial charge in [0.1, 0.15) is 0 Å². The highest BCUT2D eigenvalue weighted by Gasteiger charge is 2.37. The van der Waals surface area contributed by atoms with E-state index in [-0.39, 0.29) is 0 Å². The van der Waals surface area contributed by atoms with E-state index in [9.17, 15) is 4.79 Å². The van der Waals surface area contributed by atoms with Crippen LogP contribution in [0.3, 0.4) is 0 Å². The number of nitrogens with zero attached hydrogens (tertiary/aromatic N) is 1. The fourth-order valence-electron chi connectivity index (χ4n) is 2.60. The van der Waals surface area contributed by atoms with Crippen molar-refractivity contribution in [3.8, 4) is 0 Å². The molecule has 19 heavy (non-hydrogen) atoms. The number of allylic oxidation sites excluding steroid dienone is 1. The normalized spacial score (nSPS) is 32.1. The summed E-state index contributed by atoms with van der Waals surface area (Å²) < 4.78 is 5.30. The van der Waals surface area contributed by atoms with Gasteiger partial charge in [0.15, 0.2) is 0 Å². The SMILES string of the molecule is NC(=O)C1C=CC(N)=CC1(N)CCN1CCOCC1. The van der Waals surface area contributed by atoms with E-state index in [4.69, 9.17) is 21.9 Å². The third-order valence-electron chi connectivity index (χ3n) is 3.77. The van der Waals surface area contributed by atoms with E-state index in [0.29, 0.717) is 12.1 Å². The number of carbonyl (C=O) groups excluding carboxylic acids is 1. The maximum atomic E-state index is 11.5. The molecule has 106 valence electrons. The summed E-state index contributed by atoms with van der Waals surface area (Å²) in [6.07, 6.45) is 5.79. The van der Waals surface area contributed by atoms with Gasteiger partial charge in [0.05, 0.1) is 24.7 Å². The molecule has 2 rings (SSSR count). The molecule has 0 bridgehead atoms. The van der Waals surface area contributed by atoms with Crippen LogP contribution >= 0.6 is 0 Å². The molecule has 6 heteroatoms. The Hall–Kier alpha value is -1.37. The van der Waals surface area contributed by atoms with Crippen LogP contribution in [0, 0.1) is 5.92 Å². The van der Waals surface area contributed by atoms with Gasteiger partial charge in [0.25, 0.3) is 0 Å². The molecule has 0 aromatic rings. The largest absolute Gasteiger partial charge is 0.399 e. The van der Waals surface area contributed by atoms with Crippen molar-refractivity contribution in [2.45, 2.75) is 12.0 Å². The van der Waals surface area contributed by atoms with Gasteiger partial charge < -0.3 is 21.9 Å². The van der Waals surface area contributed by atoms with Gasteiger partial charge >= 0.3 is 0 Å². The van der Waals surface area contributed by atoms with Gasteiger partial charge in [-0.05, 0) is 18.6 Å². The molecule has 6 N–H and O–H groups in total. The predicted molar refractivity (Wildman–Crippen MR) is 72.9 cm³/mol. The number of ether oxygens (including phenoxy) is 1. The maximum absolute atomic E-state index is 11.5. The third-order valence-corrected chi connectivity index (χ3v) is 3.77. The van der Waals surface area contributed by atoms with Gasteiger partial charge in [-0.25, -0.2) is 0 Å².